The molecule has 0 saturated heterocycles. The van der Waals surface area contributed by atoms with Crippen molar-refractivity contribution in [2.75, 3.05) is 26.1 Å². The Morgan fingerprint density at radius 2 is 2.00 bits per heavy atom. The molecule has 1 aromatic carbocycles. The molecule has 0 saturated carbocycles. The molecular formula is C12H15I2NO4. The summed E-state index contributed by atoms with van der Waals surface area (Å²) in [6.45, 7) is 2.24. The Bertz CT molecular complexity index is 475. The van der Waals surface area contributed by atoms with E-state index in [2.05, 4.69) is 27.9 Å². The van der Waals surface area contributed by atoms with Gasteiger partial charge in [0.15, 0.2) is 6.29 Å². The molecule has 0 aromatic heterocycles. The van der Waals surface area contributed by atoms with Gasteiger partial charge in [-0.15, -0.1) is 0 Å². The van der Waals surface area contributed by atoms with Crippen LogP contribution in [0.5, 0.6) is 0 Å². The normalized spacial score (nSPS) is 10.8. The Kier molecular flexibility index (Phi) is 6.77. The summed E-state index contributed by atoms with van der Waals surface area (Å²) in [4.78, 5) is 11.3. The number of aromatic carboxylic acids is 1. The summed E-state index contributed by atoms with van der Waals surface area (Å²) in [6, 6.07) is 1.85. The minimum Gasteiger partial charge on any atom is -0.478 e. The van der Waals surface area contributed by atoms with Gasteiger partial charge in [0.1, 0.15) is 0 Å². The van der Waals surface area contributed by atoms with Crippen molar-refractivity contribution in [3.8, 4) is 0 Å². The maximum absolute atomic E-state index is 11.3. The van der Waals surface area contributed by atoms with E-state index in [0.29, 0.717) is 15.7 Å². The number of nitrogens with one attached hydrogen (secondary N) is 1. The fraction of sp³-hybridized carbons (Fsp3) is 0.417. The van der Waals surface area contributed by atoms with Gasteiger partial charge in [0.05, 0.1) is 21.4 Å². The van der Waals surface area contributed by atoms with Gasteiger partial charge < -0.3 is 19.9 Å². The number of methoxy groups -OCH3 is 2. The summed E-state index contributed by atoms with van der Waals surface area (Å²) in [5.74, 6) is -0.920. The maximum Gasteiger partial charge on any atom is 0.337 e. The zero-order chi connectivity index (χ0) is 14.6. The van der Waals surface area contributed by atoms with Crippen LogP contribution in [0.4, 0.5) is 5.69 Å². The van der Waals surface area contributed by atoms with E-state index in [0.717, 1.165) is 14.8 Å². The Morgan fingerprint density at radius 3 is 2.47 bits per heavy atom. The van der Waals surface area contributed by atoms with Crippen LogP contribution in [-0.4, -0.2) is 38.1 Å². The molecule has 5 nitrogen and oxygen atoms in total. The summed E-state index contributed by atoms with van der Waals surface area (Å²) < 4.78 is 11.9. The molecule has 0 heterocycles. The third-order valence-corrected chi connectivity index (χ3v) is 4.53. The Morgan fingerprint density at radius 1 is 1.42 bits per heavy atom. The SMILES string of the molecule is COC(CNc1c(I)cc(C)c(C(=O)O)c1I)OC. The van der Waals surface area contributed by atoms with Gasteiger partial charge >= 0.3 is 5.97 Å². The van der Waals surface area contributed by atoms with Gasteiger partial charge in [0.2, 0.25) is 0 Å². The lowest BCUT2D eigenvalue weighted by atomic mass is 10.1. The average Bonchev–Trinajstić information content (AvgIpc) is 2.32. The average molecular weight is 491 g/mol. The zero-order valence-electron chi connectivity index (χ0n) is 10.8. The molecule has 0 aliphatic rings. The predicted molar refractivity (Wildman–Crippen MR) is 89.9 cm³/mol. The Hall–Kier alpha value is -0.130. The van der Waals surface area contributed by atoms with Crippen LogP contribution in [0.15, 0.2) is 6.07 Å². The van der Waals surface area contributed by atoms with Crippen molar-refractivity contribution in [2.45, 2.75) is 13.2 Å². The van der Waals surface area contributed by atoms with Crippen LogP contribution in [0.3, 0.4) is 0 Å². The van der Waals surface area contributed by atoms with Crippen LogP contribution >= 0.6 is 45.2 Å². The maximum atomic E-state index is 11.3. The van der Waals surface area contributed by atoms with E-state index in [1.807, 2.05) is 28.7 Å². The summed E-state index contributed by atoms with van der Waals surface area (Å²) in [6.07, 6.45) is -0.374. The second-order valence-electron chi connectivity index (χ2n) is 3.83. The summed E-state index contributed by atoms with van der Waals surface area (Å²) in [7, 11) is 3.12. The largest absolute Gasteiger partial charge is 0.478 e. The van der Waals surface area contributed by atoms with Gasteiger partial charge in [-0.2, -0.15) is 0 Å². The van der Waals surface area contributed by atoms with Crippen LogP contribution in [-0.2, 0) is 9.47 Å². The number of anilines is 1. The van der Waals surface area contributed by atoms with E-state index in [9.17, 15) is 9.90 Å². The third-order valence-electron chi connectivity index (χ3n) is 2.60. The van der Waals surface area contributed by atoms with E-state index in [1.54, 1.807) is 21.1 Å². The number of hydrogen-bond acceptors (Lipinski definition) is 4. The number of aryl methyl sites for hydroxylation is 1. The molecule has 0 fully saturated rings. The van der Waals surface area contributed by atoms with Crippen LogP contribution in [0.1, 0.15) is 15.9 Å². The minimum absolute atomic E-state index is 0.329. The number of carboxylic acid groups (broad SMARTS) is 1. The van der Waals surface area contributed by atoms with Gasteiger partial charge in [0, 0.05) is 17.8 Å². The molecule has 106 valence electrons. The standard InChI is InChI=1S/C12H15I2NO4/c1-6-4-7(13)11(10(14)9(6)12(16)17)15-5-8(18-2)19-3/h4,8,15H,5H2,1-3H3,(H,16,17). The number of benzene rings is 1. The first-order chi connectivity index (χ1) is 8.92. The van der Waals surface area contributed by atoms with Gasteiger partial charge in [-0.05, 0) is 63.7 Å². The number of hydrogen-bond donors (Lipinski definition) is 2. The van der Waals surface area contributed by atoms with Gasteiger partial charge in [-0.1, -0.05) is 0 Å². The number of ether oxygens (including phenoxy) is 2. The summed E-state index contributed by atoms with van der Waals surface area (Å²) >= 11 is 4.23. The smallest absolute Gasteiger partial charge is 0.337 e. The topological polar surface area (TPSA) is 67.8 Å². The van der Waals surface area contributed by atoms with Crippen molar-refractivity contribution in [2.24, 2.45) is 0 Å². The number of carbonyl (C=O) groups is 1. The monoisotopic (exact) mass is 491 g/mol. The van der Waals surface area contributed by atoms with Crippen molar-refractivity contribution >= 4 is 56.8 Å². The van der Waals surface area contributed by atoms with Crippen molar-refractivity contribution in [3.05, 3.63) is 24.3 Å². The lowest BCUT2D eigenvalue weighted by Gasteiger charge is -2.18. The predicted octanol–water partition coefficient (Wildman–Crippen LogP) is 2.93. The highest BCUT2D eigenvalue weighted by Crippen LogP contribution is 2.30. The van der Waals surface area contributed by atoms with Crippen LogP contribution in [0.2, 0.25) is 0 Å². The fourth-order valence-electron chi connectivity index (χ4n) is 1.61. The highest BCUT2D eigenvalue weighted by molar-refractivity contribution is 14.1. The van der Waals surface area contributed by atoms with Crippen molar-refractivity contribution in [1.82, 2.24) is 0 Å². The molecule has 19 heavy (non-hydrogen) atoms. The molecule has 1 rings (SSSR count). The molecule has 0 amide bonds. The van der Waals surface area contributed by atoms with E-state index >= 15 is 0 Å². The van der Waals surface area contributed by atoms with E-state index in [1.165, 1.54) is 0 Å². The molecule has 0 atom stereocenters. The molecule has 0 bridgehead atoms. The van der Waals surface area contributed by atoms with Crippen molar-refractivity contribution in [1.29, 1.82) is 0 Å². The zero-order valence-corrected chi connectivity index (χ0v) is 15.1. The Labute approximate surface area is 139 Å². The molecule has 0 radical (unpaired) electrons. The second-order valence-corrected chi connectivity index (χ2v) is 6.07. The molecule has 2 N–H and O–H groups in total. The number of carboxylic acids is 1. The quantitative estimate of drug-likeness (QED) is 0.474. The molecule has 1 aromatic rings. The van der Waals surface area contributed by atoms with E-state index in [4.69, 9.17) is 9.47 Å². The van der Waals surface area contributed by atoms with Crippen LogP contribution in [0, 0.1) is 14.1 Å². The van der Waals surface area contributed by atoms with Gasteiger partial charge in [-0.25, -0.2) is 4.79 Å². The van der Waals surface area contributed by atoms with Crippen molar-refractivity contribution < 1.29 is 19.4 Å². The van der Waals surface area contributed by atoms with E-state index in [-0.39, 0.29) is 6.29 Å². The third kappa shape index (κ3) is 4.17. The first-order valence-electron chi connectivity index (χ1n) is 5.43. The molecule has 0 spiro atoms. The molecule has 0 unspecified atom stereocenters. The first-order valence-corrected chi connectivity index (χ1v) is 7.59. The van der Waals surface area contributed by atoms with E-state index < -0.39 is 5.97 Å². The van der Waals surface area contributed by atoms with Gasteiger partial charge in [0.25, 0.3) is 0 Å². The van der Waals surface area contributed by atoms with Crippen molar-refractivity contribution in [3.63, 3.8) is 0 Å². The first kappa shape index (κ1) is 16.9. The second kappa shape index (κ2) is 7.60. The highest BCUT2D eigenvalue weighted by atomic mass is 127. The summed E-state index contributed by atoms with van der Waals surface area (Å²) in [5.41, 5.74) is 1.88. The summed E-state index contributed by atoms with van der Waals surface area (Å²) in [5, 5.41) is 12.4. The number of halogens is 2. The molecular weight excluding hydrogens is 476 g/mol. The molecule has 7 heteroatoms. The Balaban J connectivity index is 3.07. The lowest BCUT2D eigenvalue weighted by molar-refractivity contribution is -0.0914. The minimum atomic E-state index is -0.920. The number of rotatable bonds is 6. The van der Waals surface area contributed by atoms with Crippen LogP contribution in [0.25, 0.3) is 0 Å². The fourth-order valence-corrected chi connectivity index (χ4v) is 4.19. The molecule has 0 aliphatic carbocycles. The lowest BCUT2D eigenvalue weighted by Crippen LogP contribution is -2.24. The highest BCUT2D eigenvalue weighted by Gasteiger charge is 2.18. The van der Waals surface area contributed by atoms with Gasteiger partial charge in [-0.3, -0.25) is 0 Å². The van der Waals surface area contributed by atoms with Crippen LogP contribution < -0.4 is 5.32 Å². The molecule has 0 aliphatic heterocycles.